The molecule has 0 amide bonds. The van der Waals surface area contributed by atoms with Crippen LogP contribution in [0.25, 0.3) is 11.1 Å². The summed E-state index contributed by atoms with van der Waals surface area (Å²) in [5.41, 5.74) is 12.6. The topological polar surface area (TPSA) is 47.0 Å². The van der Waals surface area contributed by atoms with Crippen LogP contribution in [0.5, 0.6) is 11.5 Å². The van der Waals surface area contributed by atoms with Gasteiger partial charge in [0.1, 0.15) is 17.3 Å². The number of benzene rings is 5. The third-order valence-corrected chi connectivity index (χ3v) is 13.5. The molecule has 3 aliphatic rings. The SMILES string of the molecule is [2H]C1([2H])c2c(C)cc(C)cc2[C@]2(C)OC(c3[c-]c(Oc4[c-]c(N5c6ccc(C(C)(C)C)cc6C(C)(C)c6cccnc65)cc(C)c4)cc(-c4c(C(C)C)cccc4C(C)C)c3)=N[C@]12C.[Pt+2]. The van der Waals surface area contributed by atoms with Gasteiger partial charge in [-0.25, -0.2) is 4.98 Å². The molecule has 9 rings (SSSR count). The minimum atomic E-state index is -1.79. The number of fused-ring (bicyclic) bond motifs is 5. The Morgan fingerprint density at radius 1 is 0.778 bits per heavy atom. The molecule has 6 heteroatoms. The molecular formula is C57H61N3O2Pt. The fraction of sp³-hybridized carbons (Fsp3) is 0.368. The van der Waals surface area contributed by atoms with Crippen LogP contribution >= 0.6 is 0 Å². The van der Waals surface area contributed by atoms with Crippen molar-refractivity contribution in [3.8, 4) is 22.6 Å². The van der Waals surface area contributed by atoms with Gasteiger partial charge >= 0.3 is 21.1 Å². The minimum Gasteiger partial charge on any atom is -0.508 e. The van der Waals surface area contributed by atoms with E-state index in [1.54, 1.807) is 0 Å². The van der Waals surface area contributed by atoms with E-state index < -0.39 is 17.5 Å². The van der Waals surface area contributed by atoms with Crippen LogP contribution in [0.2, 0.25) is 0 Å². The molecule has 0 fully saturated rings. The van der Waals surface area contributed by atoms with Gasteiger partial charge in [-0.2, -0.15) is 5.56 Å². The van der Waals surface area contributed by atoms with E-state index in [0.29, 0.717) is 28.5 Å². The number of rotatable bonds is 7. The van der Waals surface area contributed by atoms with Gasteiger partial charge in [0.15, 0.2) is 0 Å². The third-order valence-electron chi connectivity index (χ3n) is 13.5. The maximum atomic E-state index is 9.61. The summed E-state index contributed by atoms with van der Waals surface area (Å²) < 4.78 is 33.2. The number of nitrogens with zero attached hydrogens (tertiary/aromatic N) is 3. The van der Waals surface area contributed by atoms with Crippen LogP contribution in [0.3, 0.4) is 0 Å². The van der Waals surface area contributed by atoms with E-state index in [1.807, 2.05) is 45.2 Å². The summed E-state index contributed by atoms with van der Waals surface area (Å²) in [5, 5.41) is 0. The molecule has 5 aromatic carbocycles. The first kappa shape index (κ1) is 42.0. The molecular weight excluding hydrogens is 954 g/mol. The molecule has 1 aliphatic carbocycles. The summed E-state index contributed by atoms with van der Waals surface area (Å²) in [4.78, 5) is 12.5. The second kappa shape index (κ2) is 15.6. The Labute approximate surface area is 393 Å². The predicted molar refractivity (Wildman–Crippen MR) is 255 cm³/mol. The number of ether oxygens (including phenoxy) is 2. The Kier molecular flexibility index (Phi) is 10.4. The van der Waals surface area contributed by atoms with Gasteiger partial charge in [-0.1, -0.05) is 152 Å². The zero-order valence-corrected chi connectivity index (χ0v) is 41.6. The average Bonchev–Trinajstić information content (AvgIpc) is 3.57. The number of aryl methyl sites for hydroxylation is 3. The zero-order valence-electron chi connectivity index (χ0n) is 41.3. The second-order valence-corrected chi connectivity index (χ2v) is 20.3. The molecule has 3 heterocycles. The quantitative estimate of drug-likeness (QED) is 0.150. The molecule has 5 nitrogen and oxygen atoms in total. The molecule has 0 spiro atoms. The standard InChI is InChI=1S/C57H61N3O2.Pt/c1-33(2)44-17-15-18-45(34(3)4)51(44)38-27-39(53-59-56(13)32-46-37(7)23-35(5)26-48(46)57(56,14)62-53)29-43(28-38)61-42-25-36(6)24-41(31-42)60-50-21-20-40(54(8,9)10)30-49(50)55(11,12)47-19-16-22-58-52(47)60;/h15-28,30,33-34H,32H2,1-14H3;/q-2;+2/t56-,57+;/m1./s1/i32D2;. The number of hydrogen-bond acceptors (Lipinski definition) is 5. The molecule has 1 aromatic heterocycles. The fourth-order valence-corrected chi connectivity index (χ4v) is 9.92. The Bertz CT molecular complexity index is 2900. The van der Waals surface area contributed by atoms with Crippen LogP contribution in [0, 0.1) is 32.9 Å². The first-order valence-electron chi connectivity index (χ1n) is 23.2. The van der Waals surface area contributed by atoms with Crippen molar-refractivity contribution in [3.05, 3.63) is 164 Å². The monoisotopic (exact) mass is 1020 g/mol. The van der Waals surface area contributed by atoms with Crippen molar-refractivity contribution in [1.29, 1.82) is 0 Å². The summed E-state index contributed by atoms with van der Waals surface area (Å²) in [6.07, 6.45) is 0.0703. The van der Waals surface area contributed by atoms with Crippen LogP contribution in [0.15, 0.2) is 96.1 Å². The maximum Gasteiger partial charge on any atom is 2.00 e. The summed E-state index contributed by atoms with van der Waals surface area (Å²) in [6.45, 7) is 30.3. The molecule has 63 heavy (non-hydrogen) atoms. The largest absolute Gasteiger partial charge is 2.00 e. The average molecular weight is 1020 g/mol. The van der Waals surface area contributed by atoms with Crippen molar-refractivity contribution in [2.75, 3.05) is 4.90 Å². The van der Waals surface area contributed by atoms with Gasteiger partial charge in [0, 0.05) is 49.0 Å². The van der Waals surface area contributed by atoms with Crippen LogP contribution in [0.4, 0.5) is 17.2 Å². The molecule has 0 unspecified atom stereocenters. The van der Waals surface area contributed by atoms with E-state index >= 15 is 0 Å². The first-order chi connectivity index (χ1) is 30.0. The zero-order chi connectivity index (χ0) is 46.1. The molecule has 0 bridgehead atoms. The van der Waals surface area contributed by atoms with E-state index in [4.69, 9.17) is 19.5 Å². The van der Waals surface area contributed by atoms with Crippen molar-refractivity contribution in [3.63, 3.8) is 0 Å². The van der Waals surface area contributed by atoms with Gasteiger partial charge in [0.05, 0.1) is 5.54 Å². The molecule has 2 atom stereocenters. The molecule has 0 N–H and O–H groups in total. The van der Waals surface area contributed by atoms with Crippen molar-refractivity contribution >= 4 is 23.1 Å². The normalized spacial score (nSPS) is 20.8. The van der Waals surface area contributed by atoms with Crippen molar-refractivity contribution in [1.82, 2.24) is 4.98 Å². The summed E-state index contributed by atoms with van der Waals surface area (Å²) >= 11 is 0. The number of anilines is 3. The second-order valence-electron chi connectivity index (χ2n) is 20.3. The van der Waals surface area contributed by atoms with Gasteiger partial charge in [-0.05, 0) is 96.0 Å². The van der Waals surface area contributed by atoms with E-state index in [9.17, 15) is 2.74 Å². The summed E-state index contributed by atoms with van der Waals surface area (Å²) in [5.74, 6) is 2.73. The molecule has 326 valence electrons. The Morgan fingerprint density at radius 3 is 2.14 bits per heavy atom. The predicted octanol–water partition coefficient (Wildman–Crippen LogP) is 14.7. The van der Waals surface area contributed by atoms with E-state index in [1.165, 1.54) is 22.3 Å². The molecule has 0 radical (unpaired) electrons. The first-order valence-corrected chi connectivity index (χ1v) is 22.2. The smallest absolute Gasteiger partial charge is 0.508 e. The van der Waals surface area contributed by atoms with Crippen LogP contribution in [0.1, 0.15) is 152 Å². The molecule has 0 saturated carbocycles. The van der Waals surface area contributed by atoms with Crippen molar-refractivity contribution in [2.24, 2.45) is 4.99 Å². The van der Waals surface area contributed by atoms with E-state index in [2.05, 4.69) is 160 Å². The third kappa shape index (κ3) is 7.37. The Balaban J connectivity index is 0.00000576. The van der Waals surface area contributed by atoms with Crippen LogP contribution < -0.4 is 9.64 Å². The molecule has 6 aromatic rings. The molecule has 2 aliphatic heterocycles. The van der Waals surface area contributed by atoms with Gasteiger partial charge in [0.2, 0.25) is 0 Å². The number of hydrogen-bond donors (Lipinski definition) is 0. The molecule has 0 saturated heterocycles. The van der Waals surface area contributed by atoms with E-state index in [-0.39, 0.29) is 43.7 Å². The minimum absolute atomic E-state index is 0. The summed E-state index contributed by atoms with van der Waals surface area (Å²) in [7, 11) is 0. The van der Waals surface area contributed by atoms with Gasteiger partial charge < -0.3 is 14.4 Å². The number of pyridine rings is 1. The maximum absolute atomic E-state index is 9.61. The number of aromatic nitrogens is 1. The van der Waals surface area contributed by atoms with Crippen molar-refractivity contribution in [2.45, 2.75) is 137 Å². The van der Waals surface area contributed by atoms with Crippen molar-refractivity contribution < 1.29 is 33.3 Å². The van der Waals surface area contributed by atoms with Crippen LogP contribution in [-0.4, -0.2) is 16.4 Å². The Morgan fingerprint density at radius 2 is 1.46 bits per heavy atom. The van der Waals surface area contributed by atoms with Gasteiger partial charge in [-0.3, -0.25) is 4.99 Å². The van der Waals surface area contributed by atoms with Gasteiger partial charge in [-0.15, -0.1) is 24.3 Å². The Hall–Kier alpha value is -4.99. The van der Waals surface area contributed by atoms with Gasteiger partial charge in [0.25, 0.3) is 0 Å². The summed E-state index contributed by atoms with van der Waals surface area (Å²) in [6, 6.07) is 37.3. The number of aliphatic imine (C=N–C) groups is 1. The fourth-order valence-electron chi connectivity index (χ4n) is 9.92. The van der Waals surface area contributed by atoms with E-state index in [0.717, 1.165) is 56.1 Å². The van der Waals surface area contributed by atoms with Crippen LogP contribution in [-0.2, 0) is 48.6 Å².